The average Bonchev–Trinajstić information content (AvgIpc) is 2.96. The van der Waals surface area contributed by atoms with Crippen molar-refractivity contribution in [3.63, 3.8) is 0 Å². The highest BCUT2D eigenvalue weighted by Crippen LogP contribution is 2.26. The maximum atomic E-state index is 11.9. The third kappa shape index (κ3) is 2.23. The van der Waals surface area contributed by atoms with Crippen molar-refractivity contribution >= 4 is 29.1 Å². The first-order chi connectivity index (χ1) is 7.83. The standard InChI is InChI=1S/C10H8N2O2S2/c1-2-6-15-10-8(11-12-16-10)9(13)7-4-3-5-14-7/h2-5H,1,6H2. The Balaban J connectivity index is 2.23. The zero-order chi connectivity index (χ0) is 11.4. The van der Waals surface area contributed by atoms with E-state index in [0.29, 0.717) is 5.69 Å². The van der Waals surface area contributed by atoms with Gasteiger partial charge in [0.1, 0.15) is 4.21 Å². The lowest BCUT2D eigenvalue weighted by molar-refractivity contribution is 0.100. The number of carbonyl (C=O) groups is 1. The molecule has 6 heteroatoms. The zero-order valence-corrected chi connectivity index (χ0v) is 9.88. The van der Waals surface area contributed by atoms with E-state index in [9.17, 15) is 4.79 Å². The van der Waals surface area contributed by atoms with Crippen molar-refractivity contribution in [1.82, 2.24) is 9.59 Å². The Hall–Kier alpha value is -1.40. The lowest BCUT2D eigenvalue weighted by Gasteiger charge is -1.95. The Kier molecular flexibility index (Phi) is 3.53. The first-order valence-electron chi connectivity index (χ1n) is 4.47. The predicted molar refractivity (Wildman–Crippen MR) is 63.0 cm³/mol. The van der Waals surface area contributed by atoms with Gasteiger partial charge in [0.2, 0.25) is 5.78 Å². The molecule has 0 fully saturated rings. The molecule has 0 aromatic carbocycles. The van der Waals surface area contributed by atoms with Gasteiger partial charge in [-0.05, 0) is 23.7 Å². The van der Waals surface area contributed by atoms with Gasteiger partial charge in [-0.25, -0.2) is 0 Å². The van der Waals surface area contributed by atoms with Gasteiger partial charge in [-0.15, -0.1) is 23.4 Å². The summed E-state index contributed by atoms with van der Waals surface area (Å²) < 4.78 is 9.61. The van der Waals surface area contributed by atoms with E-state index in [1.807, 2.05) is 0 Å². The second-order valence-corrected chi connectivity index (χ2v) is 4.86. The van der Waals surface area contributed by atoms with Crippen molar-refractivity contribution < 1.29 is 9.21 Å². The van der Waals surface area contributed by atoms with Gasteiger partial charge < -0.3 is 4.42 Å². The third-order valence-corrected chi connectivity index (χ3v) is 3.71. The Morgan fingerprint density at radius 2 is 2.56 bits per heavy atom. The van der Waals surface area contributed by atoms with E-state index in [2.05, 4.69) is 16.2 Å². The van der Waals surface area contributed by atoms with E-state index >= 15 is 0 Å². The van der Waals surface area contributed by atoms with Crippen LogP contribution in [0.1, 0.15) is 16.2 Å². The molecule has 0 saturated heterocycles. The summed E-state index contributed by atoms with van der Waals surface area (Å²) in [6.07, 6.45) is 3.23. The minimum atomic E-state index is -0.231. The summed E-state index contributed by atoms with van der Waals surface area (Å²) in [7, 11) is 0. The molecule has 4 nitrogen and oxygen atoms in total. The zero-order valence-electron chi connectivity index (χ0n) is 8.25. The van der Waals surface area contributed by atoms with Gasteiger partial charge >= 0.3 is 0 Å². The highest BCUT2D eigenvalue weighted by atomic mass is 32.2. The predicted octanol–water partition coefficient (Wildman–Crippen LogP) is 2.64. The van der Waals surface area contributed by atoms with Crippen LogP contribution in [0.15, 0.2) is 39.7 Å². The number of aromatic nitrogens is 2. The first kappa shape index (κ1) is 11.1. The number of ketones is 1. The van der Waals surface area contributed by atoms with Crippen molar-refractivity contribution in [3.05, 3.63) is 42.5 Å². The molecule has 2 rings (SSSR count). The number of carbonyl (C=O) groups excluding carboxylic acids is 1. The second kappa shape index (κ2) is 5.09. The summed E-state index contributed by atoms with van der Waals surface area (Å²) in [6.45, 7) is 3.62. The summed E-state index contributed by atoms with van der Waals surface area (Å²) in [4.78, 5) is 11.9. The minimum absolute atomic E-state index is 0.231. The number of rotatable bonds is 5. The van der Waals surface area contributed by atoms with Gasteiger partial charge in [0.15, 0.2) is 11.5 Å². The van der Waals surface area contributed by atoms with Crippen LogP contribution in [0.3, 0.4) is 0 Å². The molecular weight excluding hydrogens is 244 g/mol. The summed E-state index contributed by atoms with van der Waals surface area (Å²) >= 11 is 2.70. The fourth-order valence-corrected chi connectivity index (χ4v) is 2.55. The van der Waals surface area contributed by atoms with Crippen LogP contribution in [-0.4, -0.2) is 21.1 Å². The van der Waals surface area contributed by atoms with E-state index in [0.717, 1.165) is 9.96 Å². The van der Waals surface area contributed by atoms with E-state index in [4.69, 9.17) is 4.42 Å². The topological polar surface area (TPSA) is 56.0 Å². The molecule has 2 heterocycles. The van der Waals surface area contributed by atoms with Crippen LogP contribution in [0.5, 0.6) is 0 Å². The van der Waals surface area contributed by atoms with Crippen LogP contribution in [0.4, 0.5) is 0 Å². The highest BCUT2D eigenvalue weighted by Gasteiger charge is 2.20. The van der Waals surface area contributed by atoms with E-state index in [1.165, 1.54) is 29.6 Å². The van der Waals surface area contributed by atoms with Gasteiger partial charge in [0.05, 0.1) is 6.26 Å². The van der Waals surface area contributed by atoms with Crippen LogP contribution in [0, 0.1) is 0 Å². The molecule has 0 N–H and O–H groups in total. The van der Waals surface area contributed by atoms with Crippen molar-refractivity contribution in [2.75, 3.05) is 5.75 Å². The summed E-state index contributed by atoms with van der Waals surface area (Å²) in [5.41, 5.74) is 0.354. The van der Waals surface area contributed by atoms with Crippen LogP contribution in [0.2, 0.25) is 0 Å². The molecule has 0 aliphatic carbocycles. The normalized spacial score (nSPS) is 10.2. The SMILES string of the molecule is C=CCSc1snnc1C(=O)c1ccco1. The third-order valence-electron chi connectivity index (χ3n) is 1.75. The highest BCUT2D eigenvalue weighted by molar-refractivity contribution is 8.01. The Labute approximate surface area is 101 Å². The molecule has 2 aromatic rings. The largest absolute Gasteiger partial charge is 0.461 e. The maximum Gasteiger partial charge on any atom is 0.250 e. The van der Waals surface area contributed by atoms with Crippen LogP contribution < -0.4 is 0 Å². The van der Waals surface area contributed by atoms with Gasteiger partial charge in [0.25, 0.3) is 0 Å². The smallest absolute Gasteiger partial charge is 0.250 e. The monoisotopic (exact) mass is 252 g/mol. The quantitative estimate of drug-likeness (QED) is 0.465. The Morgan fingerprint density at radius 3 is 3.25 bits per heavy atom. The molecule has 16 heavy (non-hydrogen) atoms. The molecule has 0 spiro atoms. The molecule has 0 amide bonds. The fourth-order valence-electron chi connectivity index (χ4n) is 1.07. The Morgan fingerprint density at radius 1 is 1.69 bits per heavy atom. The minimum Gasteiger partial charge on any atom is -0.461 e. The summed E-state index contributed by atoms with van der Waals surface area (Å²) in [5, 5.41) is 3.83. The molecule has 82 valence electrons. The van der Waals surface area contributed by atoms with E-state index < -0.39 is 0 Å². The van der Waals surface area contributed by atoms with Crippen molar-refractivity contribution in [2.45, 2.75) is 4.21 Å². The molecule has 0 aliphatic heterocycles. The van der Waals surface area contributed by atoms with Crippen molar-refractivity contribution in [3.8, 4) is 0 Å². The van der Waals surface area contributed by atoms with E-state index in [-0.39, 0.29) is 11.5 Å². The lowest BCUT2D eigenvalue weighted by atomic mass is 10.2. The van der Waals surface area contributed by atoms with E-state index in [1.54, 1.807) is 18.2 Å². The summed E-state index contributed by atoms with van der Waals surface area (Å²) in [5.74, 6) is 0.779. The summed E-state index contributed by atoms with van der Waals surface area (Å²) in [6, 6.07) is 3.28. The molecule has 2 aromatic heterocycles. The van der Waals surface area contributed by atoms with Gasteiger partial charge in [-0.1, -0.05) is 10.6 Å². The molecule has 0 saturated carbocycles. The molecule has 0 radical (unpaired) electrons. The molecular formula is C10H8N2O2S2. The molecule has 0 bridgehead atoms. The fraction of sp³-hybridized carbons (Fsp3) is 0.100. The molecule has 0 atom stereocenters. The maximum absolute atomic E-state index is 11.9. The van der Waals surface area contributed by atoms with Crippen LogP contribution in [-0.2, 0) is 0 Å². The number of thioether (sulfide) groups is 1. The number of furan rings is 1. The number of hydrogen-bond donors (Lipinski definition) is 0. The van der Waals surface area contributed by atoms with Gasteiger partial charge in [-0.2, -0.15) is 0 Å². The lowest BCUT2D eigenvalue weighted by Crippen LogP contribution is -2.01. The molecule has 0 unspecified atom stereocenters. The number of nitrogens with zero attached hydrogens (tertiary/aromatic N) is 2. The van der Waals surface area contributed by atoms with Gasteiger partial charge in [-0.3, -0.25) is 4.79 Å². The Bertz CT molecular complexity index is 491. The molecule has 0 aliphatic rings. The average molecular weight is 252 g/mol. The van der Waals surface area contributed by atoms with Gasteiger partial charge in [0, 0.05) is 5.75 Å². The second-order valence-electron chi connectivity index (χ2n) is 2.82. The van der Waals surface area contributed by atoms with Crippen molar-refractivity contribution in [1.29, 1.82) is 0 Å². The number of hydrogen-bond acceptors (Lipinski definition) is 6. The van der Waals surface area contributed by atoms with Crippen LogP contribution in [0.25, 0.3) is 0 Å². The van der Waals surface area contributed by atoms with Crippen molar-refractivity contribution in [2.24, 2.45) is 0 Å². The first-order valence-corrected chi connectivity index (χ1v) is 6.23. The van der Waals surface area contributed by atoms with Crippen LogP contribution >= 0.6 is 23.3 Å².